The standard InChI is InChI=1S/C23H41N5O3/c1-20(29)17-21-18-28(26-25-21)19-22(30)24-14-10-7-5-3-2-4-6-9-13-23(31)27-15-11-8-12-16-27/h18,20,29H,2-17,19H2,1H3,(H,24,30)/t20-/m1/s1. The van der Waals surface area contributed by atoms with Gasteiger partial charge in [0.1, 0.15) is 6.54 Å². The molecule has 176 valence electrons. The third kappa shape index (κ3) is 11.3. The van der Waals surface area contributed by atoms with Gasteiger partial charge in [-0.15, -0.1) is 5.10 Å². The summed E-state index contributed by atoms with van der Waals surface area (Å²) in [5.41, 5.74) is 0.691. The molecule has 1 atom stereocenters. The van der Waals surface area contributed by atoms with Crippen molar-refractivity contribution in [2.75, 3.05) is 19.6 Å². The summed E-state index contributed by atoms with van der Waals surface area (Å²) in [7, 11) is 0. The van der Waals surface area contributed by atoms with Crippen LogP contribution in [0.4, 0.5) is 0 Å². The Morgan fingerprint density at radius 2 is 1.68 bits per heavy atom. The fraction of sp³-hybridized carbons (Fsp3) is 0.826. The highest BCUT2D eigenvalue weighted by atomic mass is 16.3. The van der Waals surface area contributed by atoms with Crippen LogP contribution in [0.1, 0.15) is 89.7 Å². The summed E-state index contributed by atoms with van der Waals surface area (Å²) in [5.74, 6) is 0.290. The molecule has 1 fully saturated rings. The van der Waals surface area contributed by atoms with E-state index in [9.17, 15) is 14.7 Å². The minimum Gasteiger partial charge on any atom is -0.393 e. The Balaban J connectivity index is 1.37. The zero-order valence-electron chi connectivity index (χ0n) is 19.2. The monoisotopic (exact) mass is 435 g/mol. The third-order valence-electron chi connectivity index (χ3n) is 5.74. The molecular weight excluding hydrogens is 394 g/mol. The second-order valence-corrected chi connectivity index (χ2v) is 8.83. The van der Waals surface area contributed by atoms with Gasteiger partial charge in [0.15, 0.2) is 0 Å². The van der Waals surface area contributed by atoms with E-state index in [4.69, 9.17) is 0 Å². The molecule has 2 amide bonds. The van der Waals surface area contributed by atoms with Crippen LogP contribution in [0.5, 0.6) is 0 Å². The van der Waals surface area contributed by atoms with E-state index >= 15 is 0 Å². The molecule has 31 heavy (non-hydrogen) atoms. The van der Waals surface area contributed by atoms with Crippen LogP contribution in [0, 0.1) is 0 Å². The molecule has 2 rings (SSSR count). The predicted octanol–water partition coefficient (Wildman–Crippen LogP) is 2.84. The molecule has 1 aliphatic rings. The maximum atomic E-state index is 12.1. The second-order valence-electron chi connectivity index (χ2n) is 8.83. The Kier molecular flexibility index (Phi) is 12.2. The van der Waals surface area contributed by atoms with Gasteiger partial charge in [0.25, 0.3) is 0 Å². The Labute approximate surface area is 186 Å². The van der Waals surface area contributed by atoms with Crippen LogP contribution in [-0.4, -0.2) is 62.6 Å². The summed E-state index contributed by atoms with van der Waals surface area (Å²) < 4.78 is 1.51. The molecule has 0 aromatic carbocycles. The van der Waals surface area contributed by atoms with Crippen molar-refractivity contribution in [2.24, 2.45) is 0 Å². The minimum absolute atomic E-state index is 0.0624. The number of rotatable bonds is 15. The van der Waals surface area contributed by atoms with Crippen molar-refractivity contribution in [1.82, 2.24) is 25.2 Å². The number of carbonyl (C=O) groups excluding carboxylic acids is 2. The maximum Gasteiger partial charge on any atom is 0.241 e. The second kappa shape index (κ2) is 14.9. The molecule has 1 saturated heterocycles. The van der Waals surface area contributed by atoms with Crippen LogP contribution in [-0.2, 0) is 22.6 Å². The maximum absolute atomic E-state index is 12.1. The van der Waals surface area contributed by atoms with Crippen molar-refractivity contribution >= 4 is 11.8 Å². The molecular formula is C23H41N5O3. The average molecular weight is 436 g/mol. The minimum atomic E-state index is -0.465. The fourth-order valence-electron chi connectivity index (χ4n) is 4.01. The number of likely N-dealkylation sites (tertiary alicyclic amines) is 1. The van der Waals surface area contributed by atoms with E-state index in [2.05, 4.69) is 15.6 Å². The molecule has 2 N–H and O–H groups in total. The molecule has 0 unspecified atom stereocenters. The Hall–Kier alpha value is -1.96. The molecule has 0 spiro atoms. The van der Waals surface area contributed by atoms with E-state index in [-0.39, 0.29) is 12.5 Å². The van der Waals surface area contributed by atoms with Crippen LogP contribution in [0.2, 0.25) is 0 Å². The summed E-state index contributed by atoms with van der Waals surface area (Å²) in [6.45, 7) is 4.47. The number of amides is 2. The fourth-order valence-corrected chi connectivity index (χ4v) is 4.01. The molecule has 0 saturated carbocycles. The van der Waals surface area contributed by atoms with Gasteiger partial charge in [0.05, 0.1) is 11.8 Å². The zero-order chi connectivity index (χ0) is 22.3. The van der Waals surface area contributed by atoms with E-state index in [0.29, 0.717) is 24.6 Å². The smallest absolute Gasteiger partial charge is 0.241 e. The van der Waals surface area contributed by atoms with Gasteiger partial charge in [-0.05, 0) is 39.0 Å². The highest BCUT2D eigenvalue weighted by Crippen LogP contribution is 2.13. The number of nitrogens with zero attached hydrogens (tertiary/aromatic N) is 4. The molecule has 0 radical (unpaired) electrons. The van der Waals surface area contributed by atoms with Crippen molar-refractivity contribution in [3.63, 3.8) is 0 Å². The zero-order valence-corrected chi connectivity index (χ0v) is 19.2. The number of piperidine rings is 1. The Bertz CT molecular complexity index is 641. The van der Waals surface area contributed by atoms with E-state index in [1.54, 1.807) is 13.1 Å². The number of nitrogens with one attached hydrogen (secondary N) is 1. The number of hydrogen-bond acceptors (Lipinski definition) is 5. The first kappa shape index (κ1) is 25.3. The molecule has 8 heteroatoms. The summed E-state index contributed by atoms with van der Waals surface area (Å²) in [5, 5.41) is 20.1. The van der Waals surface area contributed by atoms with Crippen LogP contribution < -0.4 is 5.32 Å². The molecule has 1 aromatic rings. The van der Waals surface area contributed by atoms with Gasteiger partial charge < -0.3 is 15.3 Å². The predicted molar refractivity (Wildman–Crippen MR) is 120 cm³/mol. The number of aliphatic hydroxyl groups excluding tert-OH is 1. The van der Waals surface area contributed by atoms with Crippen molar-refractivity contribution in [1.29, 1.82) is 0 Å². The molecule has 8 nitrogen and oxygen atoms in total. The lowest BCUT2D eigenvalue weighted by Gasteiger charge is -2.26. The lowest BCUT2D eigenvalue weighted by molar-refractivity contribution is -0.132. The number of unbranched alkanes of at least 4 members (excludes halogenated alkanes) is 7. The number of aliphatic hydroxyl groups is 1. The molecule has 1 aliphatic heterocycles. The van der Waals surface area contributed by atoms with Gasteiger partial charge in [-0.3, -0.25) is 9.59 Å². The van der Waals surface area contributed by atoms with Crippen LogP contribution >= 0.6 is 0 Å². The van der Waals surface area contributed by atoms with Crippen molar-refractivity contribution < 1.29 is 14.7 Å². The quantitative estimate of drug-likeness (QED) is 0.413. The van der Waals surface area contributed by atoms with E-state index < -0.39 is 6.10 Å². The van der Waals surface area contributed by atoms with Gasteiger partial charge in [0.2, 0.25) is 11.8 Å². The van der Waals surface area contributed by atoms with Gasteiger partial charge in [-0.25, -0.2) is 4.68 Å². The van der Waals surface area contributed by atoms with Crippen LogP contribution in [0.25, 0.3) is 0 Å². The Morgan fingerprint density at radius 3 is 2.35 bits per heavy atom. The first-order chi connectivity index (χ1) is 15.0. The van der Waals surface area contributed by atoms with Crippen LogP contribution in [0.3, 0.4) is 0 Å². The van der Waals surface area contributed by atoms with Gasteiger partial charge >= 0.3 is 0 Å². The number of aromatic nitrogens is 3. The normalized spacial score (nSPS) is 15.1. The summed E-state index contributed by atoms with van der Waals surface area (Å²) in [6.07, 6.45) is 15.1. The first-order valence-corrected chi connectivity index (χ1v) is 12.2. The summed E-state index contributed by atoms with van der Waals surface area (Å²) in [4.78, 5) is 26.1. The third-order valence-corrected chi connectivity index (χ3v) is 5.74. The van der Waals surface area contributed by atoms with E-state index in [1.807, 2.05) is 4.90 Å². The van der Waals surface area contributed by atoms with Crippen molar-refractivity contribution in [3.05, 3.63) is 11.9 Å². The molecule has 0 bridgehead atoms. The lowest BCUT2D eigenvalue weighted by Crippen LogP contribution is -2.35. The van der Waals surface area contributed by atoms with Crippen LogP contribution in [0.15, 0.2) is 6.20 Å². The van der Waals surface area contributed by atoms with Gasteiger partial charge in [-0.2, -0.15) is 0 Å². The Morgan fingerprint density at radius 1 is 1.03 bits per heavy atom. The molecule has 1 aromatic heterocycles. The molecule has 0 aliphatic carbocycles. The lowest BCUT2D eigenvalue weighted by atomic mass is 10.1. The van der Waals surface area contributed by atoms with Gasteiger partial charge in [-0.1, -0.05) is 43.7 Å². The number of hydrogen-bond donors (Lipinski definition) is 2. The first-order valence-electron chi connectivity index (χ1n) is 12.2. The average Bonchev–Trinajstić information content (AvgIpc) is 3.18. The van der Waals surface area contributed by atoms with Crippen molar-refractivity contribution in [2.45, 2.75) is 103 Å². The van der Waals surface area contributed by atoms with E-state index in [0.717, 1.165) is 45.2 Å². The summed E-state index contributed by atoms with van der Waals surface area (Å²) in [6, 6.07) is 0. The topological polar surface area (TPSA) is 100 Å². The van der Waals surface area contributed by atoms with E-state index in [1.165, 1.54) is 49.6 Å². The largest absolute Gasteiger partial charge is 0.393 e. The highest BCUT2D eigenvalue weighted by Gasteiger charge is 2.15. The SMILES string of the molecule is C[C@@H](O)Cc1cn(CC(=O)NCCCCCCCCCCC(=O)N2CCCCC2)nn1. The summed E-state index contributed by atoms with van der Waals surface area (Å²) >= 11 is 0. The molecule has 2 heterocycles. The van der Waals surface area contributed by atoms with Gasteiger partial charge in [0, 0.05) is 38.7 Å². The number of carbonyl (C=O) groups is 2. The van der Waals surface area contributed by atoms with Crippen molar-refractivity contribution in [3.8, 4) is 0 Å². The highest BCUT2D eigenvalue weighted by molar-refractivity contribution is 5.76.